The number of nitriles is 1. The molecular formula is C18H21N3O3. The zero-order valence-corrected chi connectivity index (χ0v) is 14.2. The van der Waals surface area contributed by atoms with Gasteiger partial charge in [0.05, 0.1) is 23.9 Å². The van der Waals surface area contributed by atoms with E-state index in [1.54, 1.807) is 35.9 Å². The van der Waals surface area contributed by atoms with E-state index in [0.29, 0.717) is 36.5 Å². The summed E-state index contributed by atoms with van der Waals surface area (Å²) in [5.74, 6) is 0.906. The minimum absolute atomic E-state index is 0.0611. The maximum absolute atomic E-state index is 11.8. The Hall–Kier alpha value is -2.81. The number of rotatable bonds is 7. The van der Waals surface area contributed by atoms with Crippen molar-refractivity contribution in [1.82, 2.24) is 9.78 Å². The second-order valence-corrected chi connectivity index (χ2v) is 5.13. The quantitative estimate of drug-likeness (QED) is 0.730. The lowest BCUT2D eigenvalue weighted by molar-refractivity contribution is -0.144. The van der Waals surface area contributed by atoms with Crippen LogP contribution in [0, 0.1) is 11.3 Å². The molecule has 0 amide bonds. The van der Waals surface area contributed by atoms with Gasteiger partial charge in [0.2, 0.25) is 0 Å². The van der Waals surface area contributed by atoms with Crippen LogP contribution >= 0.6 is 0 Å². The smallest absolute Gasteiger partial charge is 0.327 e. The fourth-order valence-corrected chi connectivity index (χ4v) is 2.43. The van der Waals surface area contributed by atoms with Gasteiger partial charge in [-0.3, -0.25) is 9.48 Å². The molecule has 0 spiro atoms. The summed E-state index contributed by atoms with van der Waals surface area (Å²) in [6.07, 6.45) is 1.34. The van der Waals surface area contributed by atoms with Crippen molar-refractivity contribution in [3.05, 3.63) is 41.2 Å². The second kappa shape index (κ2) is 8.16. The first-order valence-corrected chi connectivity index (χ1v) is 8.05. The molecule has 0 saturated heterocycles. The Bertz CT molecular complexity index is 759. The van der Waals surface area contributed by atoms with Gasteiger partial charge in [-0.05, 0) is 38.0 Å². The third-order valence-corrected chi connectivity index (χ3v) is 3.51. The Kier molecular flexibility index (Phi) is 5.96. The highest BCUT2D eigenvalue weighted by Gasteiger charge is 2.20. The van der Waals surface area contributed by atoms with Gasteiger partial charge in [-0.2, -0.15) is 10.4 Å². The Morgan fingerprint density at radius 2 is 2.08 bits per heavy atom. The Morgan fingerprint density at radius 1 is 1.29 bits per heavy atom. The lowest BCUT2D eigenvalue weighted by atomic mass is 10.2. The zero-order valence-electron chi connectivity index (χ0n) is 14.2. The summed E-state index contributed by atoms with van der Waals surface area (Å²) in [5.41, 5.74) is 2.14. The van der Waals surface area contributed by atoms with Gasteiger partial charge in [0.15, 0.2) is 5.75 Å². The van der Waals surface area contributed by atoms with Crippen molar-refractivity contribution in [2.24, 2.45) is 0 Å². The van der Waals surface area contributed by atoms with Gasteiger partial charge in [-0.15, -0.1) is 0 Å². The molecule has 6 nitrogen and oxygen atoms in total. The molecule has 1 heterocycles. The number of hydrogen-bond acceptors (Lipinski definition) is 5. The second-order valence-electron chi connectivity index (χ2n) is 5.13. The summed E-state index contributed by atoms with van der Waals surface area (Å²) in [7, 11) is 0. The highest BCUT2D eigenvalue weighted by molar-refractivity contribution is 5.69. The number of nitrogens with zero attached hydrogens (tertiary/aromatic N) is 3. The molecule has 0 aliphatic rings. The van der Waals surface area contributed by atoms with Crippen molar-refractivity contribution in [3.63, 3.8) is 0 Å². The van der Waals surface area contributed by atoms with Crippen LogP contribution in [-0.2, 0) is 28.9 Å². The van der Waals surface area contributed by atoms with Crippen LogP contribution in [-0.4, -0.2) is 22.4 Å². The maximum atomic E-state index is 11.8. The van der Waals surface area contributed by atoms with Gasteiger partial charge in [0.25, 0.3) is 0 Å². The molecule has 24 heavy (non-hydrogen) atoms. The average Bonchev–Trinajstić information content (AvgIpc) is 2.91. The van der Waals surface area contributed by atoms with E-state index in [4.69, 9.17) is 14.7 Å². The first-order valence-electron chi connectivity index (χ1n) is 8.05. The Morgan fingerprint density at radius 3 is 2.71 bits per heavy atom. The third-order valence-electron chi connectivity index (χ3n) is 3.51. The van der Waals surface area contributed by atoms with Gasteiger partial charge >= 0.3 is 5.97 Å². The molecule has 0 unspecified atom stereocenters. The van der Waals surface area contributed by atoms with Crippen LogP contribution < -0.4 is 4.74 Å². The number of benzene rings is 1. The SMILES string of the molecule is CCOC(=O)Cn1nc(CC)c(Oc2cccc(C#N)c2)c1CC. The fraction of sp³-hybridized carbons (Fsp3) is 0.389. The lowest BCUT2D eigenvalue weighted by Crippen LogP contribution is -2.16. The van der Waals surface area contributed by atoms with Crippen molar-refractivity contribution in [3.8, 4) is 17.6 Å². The number of esters is 1. The number of ether oxygens (including phenoxy) is 2. The first-order chi connectivity index (χ1) is 11.6. The normalized spacial score (nSPS) is 10.2. The monoisotopic (exact) mass is 327 g/mol. The van der Waals surface area contributed by atoms with Gasteiger partial charge in [-0.25, -0.2) is 0 Å². The Balaban J connectivity index is 2.35. The Labute approximate surface area is 141 Å². The summed E-state index contributed by atoms with van der Waals surface area (Å²) >= 11 is 0. The summed E-state index contributed by atoms with van der Waals surface area (Å²) in [4.78, 5) is 11.8. The van der Waals surface area contributed by atoms with Gasteiger partial charge in [-0.1, -0.05) is 19.9 Å². The summed E-state index contributed by atoms with van der Waals surface area (Å²) < 4.78 is 12.6. The van der Waals surface area contributed by atoms with E-state index in [-0.39, 0.29) is 12.5 Å². The molecule has 0 radical (unpaired) electrons. The van der Waals surface area contributed by atoms with Crippen LogP contribution in [0.2, 0.25) is 0 Å². The van der Waals surface area contributed by atoms with Crippen LogP contribution in [0.3, 0.4) is 0 Å². The van der Waals surface area contributed by atoms with Crippen LogP contribution in [0.25, 0.3) is 0 Å². The first kappa shape index (κ1) is 17.5. The molecule has 0 atom stereocenters. The number of carbonyl (C=O) groups is 1. The number of aromatic nitrogens is 2. The number of aryl methyl sites for hydroxylation is 1. The van der Waals surface area contributed by atoms with Crippen molar-refractivity contribution < 1.29 is 14.3 Å². The molecule has 0 bridgehead atoms. The minimum Gasteiger partial charge on any atom is -0.465 e. The molecule has 0 N–H and O–H groups in total. The van der Waals surface area contributed by atoms with Crippen molar-refractivity contribution in [2.75, 3.05) is 6.61 Å². The molecule has 6 heteroatoms. The molecule has 0 aliphatic heterocycles. The van der Waals surface area contributed by atoms with Crippen molar-refractivity contribution in [2.45, 2.75) is 40.2 Å². The summed E-state index contributed by atoms with van der Waals surface area (Å²) in [6, 6.07) is 9.06. The van der Waals surface area contributed by atoms with E-state index in [2.05, 4.69) is 11.2 Å². The van der Waals surface area contributed by atoms with E-state index in [1.807, 2.05) is 13.8 Å². The summed E-state index contributed by atoms with van der Waals surface area (Å²) in [5, 5.41) is 13.5. The lowest BCUT2D eigenvalue weighted by Gasteiger charge is -2.09. The van der Waals surface area contributed by atoms with Crippen LogP contribution in [0.15, 0.2) is 24.3 Å². The molecule has 2 aromatic rings. The van der Waals surface area contributed by atoms with Gasteiger partial charge in [0.1, 0.15) is 18.0 Å². The van der Waals surface area contributed by atoms with Crippen LogP contribution in [0.1, 0.15) is 37.7 Å². The highest BCUT2D eigenvalue weighted by atomic mass is 16.5. The minimum atomic E-state index is -0.324. The van der Waals surface area contributed by atoms with Crippen LogP contribution in [0.5, 0.6) is 11.5 Å². The van der Waals surface area contributed by atoms with E-state index < -0.39 is 0 Å². The van der Waals surface area contributed by atoms with E-state index in [9.17, 15) is 4.79 Å². The predicted molar refractivity (Wildman–Crippen MR) is 88.8 cm³/mol. The predicted octanol–water partition coefficient (Wildman–Crippen LogP) is 3.23. The van der Waals surface area contributed by atoms with Gasteiger partial charge < -0.3 is 9.47 Å². The molecule has 1 aromatic carbocycles. The van der Waals surface area contributed by atoms with Crippen molar-refractivity contribution >= 4 is 5.97 Å². The van der Waals surface area contributed by atoms with E-state index in [0.717, 1.165) is 11.4 Å². The number of hydrogen-bond donors (Lipinski definition) is 0. The van der Waals surface area contributed by atoms with E-state index >= 15 is 0 Å². The molecule has 0 fully saturated rings. The number of carbonyl (C=O) groups excluding carboxylic acids is 1. The maximum Gasteiger partial charge on any atom is 0.327 e. The zero-order chi connectivity index (χ0) is 17.5. The summed E-state index contributed by atoms with van der Waals surface area (Å²) in [6.45, 7) is 6.14. The molecule has 0 aliphatic carbocycles. The molecule has 126 valence electrons. The fourth-order valence-electron chi connectivity index (χ4n) is 2.43. The standard InChI is InChI=1S/C18H21N3O3/c1-4-15-18(24-14-9-7-8-13(10-14)11-19)16(5-2)21(20-15)12-17(22)23-6-3/h7-10H,4-6,12H2,1-3H3. The highest BCUT2D eigenvalue weighted by Crippen LogP contribution is 2.30. The van der Waals surface area contributed by atoms with Crippen molar-refractivity contribution in [1.29, 1.82) is 5.26 Å². The topological polar surface area (TPSA) is 77.1 Å². The largest absolute Gasteiger partial charge is 0.465 e. The molecule has 2 rings (SSSR count). The van der Waals surface area contributed by atoms with Gasteiger partial charge in [0, 0.05) is 0 Å². The van der Waals surface area contributed by atoms with E-state index in [1.165, 1.54) is 0 Å². The average molecular weight is 327 g/mol. The third kappa shape index (κ3) is 3.93. The molecule has 1 aromatic heterocycles. The van der Waals surface area contributed by atoms with Crippen LogP contribution in [0.4, 0.5) is 0 Å². The molecular weight excluding hydrogens is 306 g/mol. The molecule has 0 saturated carbocycles.